The van der Waals surface area contributed by atoms with Crippen molar-refractivity contribution in [1.82, 2.24) is 0 Å². The molecule has 2 aromatic rings. The molecule has 1 fully saturated rings. The third-order valence-electron chi connectivity index (χ3n) is 3.80. The molecule has 21 heavy (non-hydrogen) atoms. The van der Waals surface area contributed by atoms with Crippen LogP contribution in [0.2, 0.25) is 5.02 Å². The molecular weight excluding hydrogens is 350 g/mol. The Balaban J connectivity index is 1.72. The minimum absolute atomic E-state index is 0.814. The molecule has 110 valence electrons. The number of nitrogen functional groups attached to an aromatic ring is 1. The Kier molecular flexibility index (Phi) is 4.27. The van der Waals surface area contributed by atoms with Gasteiger partial charge in [0.2, 0.25) is 0 Å². The number of nitrogens with zero attached hydrogens (tertiary/aromatic N) is 2. The van der Waals surface area contributed by atoms with Gasteiger partial charge in [-0.25, -0.2) is 0 Å². The molecule has 0 amide bonds. The summed E-state index contributed by atoms with van der Waals surface area (Å²) in [5.41, 5.74) is 9.15. The monoisotopic (exact) mass is 365 g/mol. The van der Waals surface area contributed by atoms with Crippen molar-refractivity contribution in [2.24, 2.45) is 0 Å². The van der Waals surface area contributed by atoms with Crippen molar-refractivity contribution < 1.29 is 0 Å². The second-order valence-electron chi connectivity index (χ2n) is 5.13. The van der Waals surface area contributed by atoms with Crippen LogP contribution in [0.4, 0.5) is 17.1 Å². The average Bonchev–Trinajstić information content (AvgIpc) is 2.48. The fourth-order valence-corrected chi connectivity index (χ4v) is 3.34. The summed E-state index contributed by atoms with van der Waals surface area (Å²) in [6, 6.07) is 14.1. The Labute approximate surface area is 138 Å². The first kappa shape index (κ1) is 14.5. The summed E-state index contributed by atoms with van der Waals surface area (Å²) < 4.78 is 1.01. The summed E-state index contributed by atoms with van der Waals surface area (Å²) in [5, 5.41) is 0.814. The van der Waals surface area contributed by atoms with E-state index in [4.69, 9.17) is 17.3 Å². The molecule has 1 aliphatic heterocycles. The predicted octanol–water partition coefficient (Wildman–Crippen LogP) is 4.01. The summed E-state index contributed by atoms with van der Waals surface area (Å²) in [6.07, 6.45) is 0. The van der Waals surface area contributed by atoms with Gasteiger partial charge in [-0.2, -0.15) is 0 Å². The molecule has 0 aliphatic carbocycles. The Hall–Kier alpha value is -1.39. The Morgan fingerprint density at radius 1 is 0.905 bits per heavy atom. The number of piperazine rings is 1. The third kappa shape index (κ3) is 3.11. The zero-order chi connectivity index (χ0) is 14.8. The zero-order valence-corrected chi connectivity index (χ0v) is 13.9. The number of hydrogen-bond donors (Lipinski definition) is 1. The van der Waals surface area contributed by atoms with Crippen molar-refractivity contribution >= 4 is 44.6 Å². The van der Waals surface area contributed by atoms with Gasteiger partial charge in [0.25, 0.3) is 0 Å². The lowest BCUT2D eigenvalue weighted by molar-refractivity contribution is 0.654. The average molecular weight is 367 g/mol. The normalized spacial score (nSPS) is 15.3. The van der Waals surface area contributed by atoms with E-state index in [2.05, 4.69) is 37.9 Å². The number of anilines is 3. The fourth-order valence-electron chi connectivity index (χ4n) is 2.71. The lowest BCUT2D eigenvalue weighted by Gasteiger charge is -2.38. The quantitative estimate of drug-likeness (QED) is 0.815. The molecule has 0 radical (unpaired) electrons. The van der Waals surface area contributed by atoms with Gasteiger partial charge < -0.3 is 15.5 Å². The van der Waals surface area contributed by atoms with Crippen LogP contribution in [0.5, 0.6) is 0 Å². The molecule has 0 spiro atoms. The molecule has 0 atom stereocenters. The van der Waals surface area contributed by atoms with Gasteiger partial charge in [0.15, 0.2) is 0 Å². The topological polar surface area (TPSA) is 32.5 Å². The maximum Gasteiger partial charge on any atom is 0.0639 e. The smallest absolute Gasteiger partial charge is 0.0639 e. The Morgan fingerprint density at radius 3 is 2.14 bits per heavy atom. The molecule has 1 heterocycles. The molecule has 0 saturated carbocycles. The highest BCUT2D eigenvalue weighted by Gasteiger charge is 2.20. The van der Waals surface area contributed by atoms with Crippen LogP contribution in [-0.2, 0) is 0 Å². The van der Waals surface area contributed by atoms with Crippen LogP contribution in [0.25, 0.3) is 0 Å². The molecule has 0 bridgehead atoms. The van der Waals surface area contributed by atoms with Crippen molar-refractivity contribution in [3.63, 3.8) is 0 Å². The molecule has 0 aromatic heterocycles. The van der Waals surface area contributed by atoms with Crippen molar-refractivity contribution in [3.8, 4) is 0 Å². The van der Waals surface area contributed by atoms with E-state index in [9.17, 15) is 0 Å². The van der Waals surface area contributed by atoms with Gasteiger partial charge in [-0.15, -0.1) is 0 Å². The highest BCUT2D eigenvalue weighted by Crippen LogP contribution is 2.30. The van der Waals surface area contributed by atoms with Gasteiger partial charge in [-0.3, -0.25) is 0 Å². The van der Waals surface area contributed by atoms with Gasteiger partial charge in [-0.1, -0.05) is 39.7 Å². The highest BCUT2D eigenvalue weighted by molar-refractivity contribution is 9.10. The van der Waals surface area contributed by atoms with Crippen LogP contribution in [-0.4, -0.2) is 26.2 Å². The summed E-state index contributed by atoms with van der Waals surface area (Å²) in [7, 11) is 0. The Bertz CT molecular complexity index is 639. The van der Waals surface area contributed by atoms with Crippen molar-refractivity contribution in [3.05, 3.63) is 52.0 Å². The van der Waals surface area contributed by atoms with Crippen LogP contribution in [0.3, 0.4) is 0 Å². The number of benzene rings is 2. The van der Waals surface area contributed by atoms with E-state index in [1.807, 2.05) is 30.3 Å². The van der Waals surface area contributed by atoms with Crippen LogP contribution in [0, 0.1) is 0 Å². The van der Waals surface area contributed by atoms with Crippen molar-refractivity contribution in [1.29, 1.82) is 0 Å². The van der Waals surface area contributed by atoms with E-state index in [1.54, 1.807) is 0 Å². The SMILES string of the molecule is Nc1cc(Br)ccc1N1CCN(c2ccccc2Cl)CC1. The molecular formula is C16H17BrClN3. The second kappa shape index (κ2) is 6.16. The molecule has 3 nitrogen and oxygen atoms in total. The Morgan fingerprint density at radius 2 is 1.52 bits per heavy atom. The largest absolute Gasteiger partial charge is 0.397 e. The minimum Gasteiger partial charge on any atom is -0.397 e. The number of halogens is 2. The molecule has 5 heteroatoms. The first-order valence-electron chi connectivity index (χ1n) is 6.94. The number of nitrogens with two attached hydrogens (primary N) is 1. The highest BCUT2D eigenvalue weighted by atomic mass is 79.9. The molecule has 2 aromatic carbocycles. The fraction of sp³-hybridized carbons (Fsp3) is 0.250. The molecule has 1 aliphatic rings. The van der Waals surface area contributed by atoms with Crippen molar-refractivity contribution in [2.75, 3.05) is 41.7 Å². The predicted molar refractivity (Wildman–Crippen MR) is 94.4 cm³/mol. The first-order chi connectivity index (χ1) is 10.1. The molecule has 2 N–H and O–H groups in total. The third-order valence-corrected chi connectivity index (χ3v) is 4.62. The van der Waals surface area contributed by atoms with Crippen LogP contribution < -0.4 is 15.5 Å². The van der Waals surface area contributed by atoms with Gasteiger partial charge >= 0.3 is 0 Å². The summed E-state index contributed by atoms with van der Waals surface area (Å²) in [5.74, 6) is 0. The van der Waals surface area contributed by atoms with E-state index in [1.165, 1.54) is 0 Å². The van der Waals surface area contributed by atoms with Gasteiger partial charge in [-0.05, 0) is 30.3 Å². The van der Waals surface area contributed by atoms with Crippen LogP contribution >= 0.6 is 27.5 Å². The van der Waals surface area contributed by atoms with E-state index in [0.717, 1.165) is 52.7 Å². The maximum absolute atomic E-state index is 6.27. The lowest BCUT2D eigenvalue weighted by atomic mass is 10.2. The maximum atomic E-state index is 6.27. The molecule has 0 unspecified atom stereocenters. The summed E-state index contributed by atoms with van der Waals surface area (Å²) in [6.45, 7) is 3.77. The van der Waals surface area contributed by atoms with E-state index in [0.29, 0.717) is 0 Å². The lowest BCUT2D eigenvalue weighted by Crippen LogP contribution is -2.46. The van der Waals surface area contributed by atoms with E-state index < -0.39 is 0 Å². The number of para-hydroxylation sites is 1. The standard InChI is InChI=1S/C16H17BrClN3/c17-12-5-6-16(14(19)11-12)21-9-7-20(8-10-21)15-4-2-1-3-13(15)18/h1-6,11H,7-10,19H2. The second-order valence-corrected chi connectivity index (χ2v) is 6.45. The zero-order valence-electron chi connectivity index (χ0n) is 11.6. The number of hydrogen-bond acceptors (Lipinski definition) is 3. The van der Waals surface area contributed by atoms with Crippen molar-refractivity contribution in [2.45, 2.75) is 0 Å². The first-order valence-corrected chi connectivity index (χ1v) is 8.12. The van der Waals surface area contributed by atoms with Gasteiger partial charge in [0.1, 0.15) is 0 Å². The van der Waals surface area contributed by atoms with Gasteiger partial charge in [0.05, 0.1) is 22.1 Å². The van der Waals surface area contributed by atoms with Crippen LogP contribution in [0.1, 0.15) is 0 Å². The summed E-state index contributed by atoms with van der Waals surface area (Å²) >= 11 is 9.72. The molecule has 1 saturated heterocycles. The number of rotatable bonds is 2. The van der Waals surface area contributed by atoms with E-state index in [-0.39, 0.29) is 0 Å². The molecule has 3 rings (SSSR count). The van der Waals surface area contributed by atoms with Gasteiger partial charge in [0, 0.05) is 30.7 Å². The summed E-state index contributed by atoms with van der Waals surface area (Å²) in [4.78, 5) is 4.66. The van der Waals surface area contributed by atoms with Crippen LogP contribution in [0.15, 0.2) is 46.9 Å². The van der Waals surface area contributed by atoms with E-state index >= 15 is 0 Å². The minimum atomic E-state index is 0.814.